The first-order chi connectivity index (χ1) is 15.5. The summed E-state index contributed by atoms with van der Waals surface area (Å²) in [6, 6.07) is 18.3. The minimum absolute atomic E-state index is 0.191. The van der Waals surface area contributed by atoms with Crippen molar-refractivity contribution in [1.82, 2.24) is 0 Å². The number of benzene rings is 2. The highest BCUT2D eigenvalue weighted by molar-refractivity contribution is 7.21. The SMILES string of the molecule is CCOC(=O)c1cc(CC)sc1NC(=O)c1sc2ccccc2c1Cc1ccc(C)cc1. The van der Waals surface area contributed by atoms with Gasteiger partial charge in [-0.25, -0.2) is 4.79 Å². The third-order valence-corrected chi connectivity index (χ3v) is 7.67. The van der Waals surface area contributed by atoms with Gasteiger partial charge in [-0.05, 0) is 55.3 Å². The van der Waals surface area contributed by atoms with Gasteiger partial charge in [0, 0.05) is 9.58 Å². The molecule has 0 aliphatic carbocycles. The van der Waals surface area contributed by atoms with Crippen molar-refractivity contribution in [3.8, 4) is 0 Å². The van der Waals surface area contributed by atoms with Crippen molar-refractivity contribution in [2.24, 2.45) is 0 Å². The zero-order chi connectivity index (χ0) is 22.7. The zero-order valence-electron chi connectivity index (χ0n) is 18.4. The van der Waals surface area contributed by atoms with E-state index in [1.165, 1.54) is 28.2 Å². The van der Waals surface area contributed by atoms with Crippen LogP contribution in [0.15, 0.2) is 54.6 Å². The maximum Gasteiger partial charge on any atom is 0.341 e. The van der Waals surface area contributed by atoms with Crippen LogP contribution in [0.5, 0.6) is 0 Å². The van der Waals surface area contributed by atoms with Crippen LogP contribution in [-0.4, -0.2) is 18.5 Å². The number of esters is 1. The molecule has 0 spiro atoms. The van der Waals surface area contributed by atoms with Crippen molar-refractivity contribution in [2.75, 3.05) is 11.9 Å². The summed E-state index contributed by atoms with van der Waals surface area (Å²) >= 11 is 2.91. The molecule has 164 valence electrons. The third-order valence-electron chi connectivity index (χ3n) is 5.26. The highest BCUT2D eigenvalue weighted by atomic mass is 32.1. The van der Waals surface area contributed by atoms with Crippen molar-refractivity contribution in [1.29, 1.82) is 0 Å². The number of anilines is 1. The van der Waals surface area contributed by atoms with Crippen LogP contribution in [0.4, 0.5) is 5.00 Å². The lowest BCUT2D eigenvalue weighted by atomic mass is 10.0. The molecule has 2 heterocycles. The van der Waals surface area contributed by atoms with Crippen molar-refractivity contribution < 1.29 is 14.3 Å². The molecule has 0 saturated heterocycles. The summed E-state index contributed by atoms with van der Waals surface area (Å²) in [4.78, 5) is 27.6. The fraction of sp³-hybridized carbons (Fsp3) is 0.231. The van der Waals surface area contributed by atoms with E-state index in [1.54, 1.807) is 6.92 Å². The fourth-order valence-corrected chi connectivity index (χ4v) is 5.69. The monoisotopic (exact) mass is 463 g/mol. The molecule has 1 amide bonds. The number of nitrogens with one attached hydrogen (secondary N) is 1. The van der Waals surface area contributed by atoms with Gasteiger partial charge in [-0.2, -0.15) is 0 Å². The molecular formula is C26H25NO3S2. The molecule has 0 fully saturated rings. The van der Waals surface area contributed by atoms with Gasteiger partial charge in [-0.3, -0.25) is 4.79 Å². The van der Waals surface area contributed by atoms with E-state index in [-0.39, 0.29) is 5.91 Å². The largest absolute Gasteiger partial charge is 0.462 e. The molecule has 32 heavy (non-hydrogen) atoms. The first-order valence-corrected chi connectivity index (χ1v) is 12.3. The van der Waals surface area contributed by atoms with Gasteiger partial charge in [0.05, 0.1) is 17.0 Å². The van der Waals surface area contributed by atoms with Gasteiger partial charge in [0.15, 0.2) is 0 Å². The molecule has 0 radical (unpaired) electrons. The average Bonchev–Trinajstić information content (AvgIpc) is 3.37. The van der Waals surface area contributed by atoms with Crippen LogP contribution in [0.2, 0.25) is 0 Å². The van der Waals surface area contributed by atoms with Gasteiger partial charge in [0.25, 0.3) is 5.91 Å². The summed E-state index contributed by atoms with van der Waals surface area (Å²) in [5.74, 6) is -0.599. The Morgan fingerprint density at radius 1 is 1.00 bits per heavy atom. The molecule has 4 aromatic rings. The van der Waals surface area contributed by atoms with Crippen LogP contribution in [0.1, 0.15) is 55.4 Å². The van der Waals surface area contributed by atoms with Gasteiger partial charge in [-0.1, -0.05) is 55.0 Å². The van der Waals surface area contributed by atoms with Crippen LogP contribution in [0.25, 0.3) is 10.1 Å². The number of hydrogen-bond acceptors (Lipinski definition) is 5. The summed E-state index contributed by atoms with van der Waals surface area (Å²) in [6.07, 6.45) is 1.46. The Kier molecular flexibility index (Phi) is 6.72. The smallest absolute Gasteiger partial charge is 0.341 e. The predicted molar refractivity (Wildman–Crippen MR) is 133 cm³/mol. The quantitative estimate of drug-likeness (QED) is 0.305. The number of rotatable bonds is 7. The Morgan fingerprint density at radius 3 is 2.47 bits per heavy atom. The number of hydrogen-bond donors (Lipinski definition) is 1. The number of carbonyl (C=O) groups excluding carboxylic acids is 2. The standard InChI is InChI=1S/C26H25NO3S2/c1-4-18-15-21(26(29)30-5-2)25(31-18)27-24(28)23-20(14-17-12-10-16(3)11-13-17)19-8-6-7-9-22(19)32-23/h6-13,15H,4-5,14H2,1-3H3,(H,27,28). The number of thiophene rings is 2. The minimum atomic E-state index is -0.407. The molecule has 2 aromatic heterocycles. The van der Waals surface area contributed by atoms with E-state index in [2.05, 4.69) is 42.6 Å². The molecule has 0 bridgehead atoms. The van der Waals surface area contributed by atoms with Gasteiger partial charge in [0.1, 0.15) is 5.00 Å². The Hall–Kier alpha value is -2.96. The molecule has 0 aliphatic heterocycles. The molecular weight excluding hydrogens is 438 g/mol. The van der Waals surface area contributed by atoms with E-state index in [0.717, 1.165) is 32.5 Å². The second-order valence-electron chi connectivity index (χ2n) is 7.55. The van der Waals surface area contributed by atoms with Gasteiger partial charge >= 0.3 is 5.97 Å². The van der Waals surface area contributed by atoms with Crippen LogP contribution in [0, 0.1) is 6.92 Å². The number of fused-ring (bicyclic) bond motifs is 1. The molecule has 0 unspecified atom stereocenters. The molecule has 4 nitrogen and oxygen atoms in total. The number of aryl methyl sites for hydroxylation is 2. The Morgan fingerprint density at radius 2 is 1.75 bits per heavy atom. The van der Waals surface area contributed by atoms with Crippen LogP contribution >= 0.6 is 22.7 Å². The zero-order valence-corrected chi connectivity index (χ0v) is 20.0. The molecule has 1 N–H and O–H groups in total. The first-order valence-electron chi connectivity index (χ1n) is 10.7. The number of amides is 1. The van der Waals surface area contributed by atoms with Crippen LogP contribution in [-0.2, 0) is 17.6 Å². The third kappa shape index (κ3) is 4.61. The van der Waals surface area contributed by atoms with E-state index < -0.39 is 5.97 Å². The predicted octanol–water partition coefficient (Wildman–Crippen LogP) is 6.85. The Labute approximate surface area is 195 Å². The van der Waals surface area contributed by atoms with E-state index in [4.69, 9.17) is 4.74 Å². The van der Waals surface area contributed by atoms with Crippen molar-refractivity contribution in [3.63, 3.8) is 0 Å². The van der Waals surface area contributed by atoms with Gasteiger partial charge < -0.3 is 10.1 Å². The topological polar surface area (TPSA) is 55.4 Å². The molecule has 6 heteroatoms. The summed E-state index contributed by atoms with van der Waals surface area (Å²) in [5.41, 5.74) is 3.79. The normalized spacial score (nSPS) is 11.0. The van der Waals surface area contributed by atoms with E-state index in [1.807, 2.05) is 31.2 Å². The summed E-state index contributed by atoms with van der Waals surface area (Å²) in [6.45, 7) is 6.16. The van der Waals surface area contributed by atoms with Crippen LogP contribution in [0.3, 0.4) is 0 Å². The van der Waals surface area contributed by atoms with E-state index in [0.29, 0.717) is 28.5 Å². The van der Waals surface area contributed by atoms with Crippen molar-refractivity contribution in [3.05, 3.63) is 86.6 Å². The minimum Gasteiger partial charge on any atom is -0.462 e. The fourth-order valence-electron chi connectivity index (χ4n) is 3.60. The average molecular weight is 464 g/mol. The first kappa shape index (κ1) is 22.2. The summed E-state index contributed by atoms with van der Waals surface area (Å²) in [5, 5.41) is 4.64. The highest BCUT2D eigenvalue weighted by Gasteiger charge is 2.23. The highest BCUT2D eigenvalue weighted by Crippen LogP contribution is 2.35. The van der Waals surface area contributed by atoms with E-state index >= 15 is 0 Å². The van der Waals surface area contributed by atoms with Gasteiger partial charge in [0.2, 0.25) is 0 Å². The molecule has 0 atom stereocenters. The molecule has 4 rings (SSSR count). The Bertz CT molecular complexity index is 1270. The number of carbonyl (C=O) groups is 2. The molecule has 2 aromatic carbocycles. The maximum atomic E-state index is 13.4. The summed E-state index contributed by atoms with van der Waals surface area (Å²) in [7, 11) is 0. The second-order valence-corrected chi connectivity index (χ2v) is 9.74. The second kappa shape index (κ2) is 9.67. The molecule has 0 aliphatic rings. The lowest BCUT2D eigenvalue weighted by Crippen LogP contribution is -2.14. The van der Waals surface area contributed by atoms with Crippen LogP contribution < -0.4 is 5.32 Å². The van der Waals surface area contributed by atoms with E-state index in [9.17, 15) is 9.59 Å². The lowest BCUT2D eigenvalue weighted by Gasteiger charge is -2.08. The maximum absolute atomic E-state index is 13.4. The number of ether oxygens (including phenoxy) is 1. The lowest BCUT2D eigenvalue weighted by molar-refractivity contribution is 0.0528. The van der Waals surface area contributed by atoms with Crippen molar-refractivity contribution in [2.45, 2.75) is 33.6 Å². The van der Waals surface area contributed by atoms with Crippen molar-refractivity contribution >= 4 is 49.6 Å². The van der Waals surface area contributed by atoms with Gasteiger partial charge in [-0.15, -0.1) is 22.7 Å². The Balaban J connectivity index is 1.71. The summed E-state index contributed by atoms with van der Waals surface area (Å²) < 4.78 is 6.27. The molecule has 0 saturated carbocycles.